The van der Waals surface area contributed by atoms with E-state index in [9.17, 15) is 0 Å². The van der Waals surface area contributed by atoms with Crippen LogP contribution >= 0.6 is 0 Å². The second-order valence-electron chi connectivity index (χ2n) is 4.99. The van der Waals surface area contributed by atoms with Crippen molar-refractivity contribution in [3.8, 4) is 0 Å². The van der Waals surface area contributed by atoms with E-state index >= 15 is 0 Å². The lowest BCUT2D eigenvalue weighted by atomic mass is 10.1. The fourth-order valence-electron chi connectivity index (χ4n) is 2.21. The number of nitrogens with zero attached hydrogens (tertiary/aromatic N) is 4. The third kappa shape index (κ3) is 3.51. The fourth-order valence-corrected chi connectivity index (χ4v) is 2.21. The molecule has 1 atom stereocenters. The van der Waals surface area contributed by atoms with Gasteiger partial charge in [0.15, 0.2) is 5.82 Å². The molecule has 2 heterocycles. The van der Waals surface area contributed by atoms with Gasteiger partial charge in [0.25, 0.3) is 0 Å². The van der Waals surface area contributed by atoms with Gasteiger partial charge in [-0.25, -0.2) is 0 Å². The van der Waals surface area contributed by atoms with Gasteiger partial charge in [-0.3, -0.25) is 0 Å². The average molecular weight is 253 g/mol. The molecule has 1 fully saturated rings. The number of aromatic nitrogens is 2. The molecule has 0 saturated carbocycles. The smallest absolute Gasteiger partial charge is 0.240 e. The van der Waals surface area contributed by atoms with Crippen molar-refractivity contribution in [2.24, 2.45) is 0 Å². The molecule has 1 aliphatic heterocycles. The molecular weight excluding hydrogens is 230 g/mol. The van der Waals surface area contributed by atoms with Gasteiger partial charge in [-0.1, -0.05) is 12.1 Å². The molecule has 0 amide bonds. The van der Waals surface area contributed by atoms with Crippen LogP contribution in [-0.2, 0) is 13.0 Å². The van der Waals surface area contributed by atoms with Crippen molar-refractivity contribution >= 4 is 0 Å². The Morgan fingerprint density at radius 1 is 1.39 bits per heavy atom. The van der Waals surface area contributed by atoms with Gasteiger partial charge >= 0.3 is 0 Å². The van der Waals surface area contributed by atoms with Crippen LogP contribution in [-0.4, -0.2) is 66.3 Å². The van der Waals surface area contributed by atoms with Crippen molar-refractivity contribution < 1.29 is 4.52 Å². The van der Waals surface area contributed by atoms with Crippen LogP contribution in [0, 0.1) is 0 Å². The minimum Gasteiger partial charge on any atom is -0.338 e. The zero-order valence-corrected chi connectivity index (χ0v) is 11.5. The number of hydrogen-bond acceptors (Lipinski definition) is 6. The first-order valence-corrected chi connectivity index (χ1v) is 6.60. The summed E-state index contributed by atoms with van der Waals surface area (Å²) in [5.41, 5.74) is 0. The van der Waals surface area contributed by atoms with Crippen molar-refractivity contribution in [3.05, 3.63) is 11.7 Å². The molecule has 2 rings (SSSR count). The van der Waals surface area contributed by atoms with Gasteiger partial charge in [0, 0.05) is 32.1 Å². The average Bonchev–Trinajstić information content (AvgIpc) is 2.79. The van der Waals surface area contributed by atoms with Gasteiger partial charge in [-0.2, -0.15) is 4.98 Å². The second-order valence-corrected chi connectivity index (χ2v) is 4.99. The molecule has 0 bridgehead atoms. The normalized spacial score (nSPS) is 22.5. The van der Waals surface area contributed by atoms with Gasteiger partial charge in [-0.05, 0) is 20.6 Å². The van der Waals surface area contributed by atoms with Crippen LogP contribution in [0.15, 0.2) is 4.52 Å². The molecule has 6 nitrogen and oxygen atoms in total. The van der Waals surface area contributed by atoms with E-state index in [2.05, 4.69) is 46.3 Å². The van der Waals surface area contributed by atoms with Crippen LogP contribution < -0.4 is 5.32 Å². The number of rotatable bonds is 5. The van der Waals surface area contributed by atoms with Crippen LogP contribution in [0.3, 0.4) is 0 Å². The summed E-state index contributed by atoms with van der Waals surface area (Å²) in [5.74, 6) is 1.49. The molecule has 1 unspecified atom stereocenters. The molecule has 6 heteroatoms. The summed E-state index contributed by atoms with van der Waals surface area (Å²) < 4.78 is 5.21. The highest BCUT2D eigenvalue weighted by Gasteiger charge is 2.24. The predicted molar refractivity (Wildman–Crippen MR) is 69.3 cm³/mol. The second kappa shape index (κ2) is 6.26. The number of likely N-dealkylation sites (N-methyl/N-ethyl adjacent to an activating group) is 2. The van der Waals surface area contributed by atoms with Crippen LogP contribution in [0.25, 0.3) is 0 Å². The minimum absolute atomic E-state index is 0.480. The van der Waals surface area contributed by atoms with E-state index in [4.69, 9.17) is 4.52 Å². The lowest BCUT2D eigenvalue weighted by Gasteiger charge is -2.37. The maximum Gasteiger partial charge on any atom is 0.240 e. The third-order valence-corrected chi connectivity index (χ3v) is 3.43. The van der Waals surface area contributed by atoms with E-state index in [0.717, 1.165) is 38.4 Å². The summed E-state index contributed by atoms with van der Waals surface area (Å²) in [6.07, 6.45) is 0.858. The monoisotopic (exact) mass is 253 g/mol. The molecular formula is C12H23N5O. The molecule has 1 aromatic heterocycles. The highest BCUT2D eigenvalue weighted by Crippen LogP contribution is 2.10. The Kier molecular flexibility index (Phi) is 4.68. The Morgan fingerprint density at radius 2 is 2.22 bits per heavy atom. The largest absolute Gasteiger partial charge is 0.338 e. The van der Waals surface area contributed by atoms with Gasteiger partial charge < -0.3 is 19.6 Å². The van der Waals surface area contributed by atoms with E-state index in [-0.39, 0.29) is 0 Å². The molecule has 1 N–H and O–H groups in total. The molecule has 0 aliphatic carbocycles. The van der Waals surface area contributed by atoms with Crippen molar-refractivity contribution in [1.29, 1.82) is 0 Å². The van der Waals surface area contributed by atoms with Crippen LogP contribution in [0.1, 0.15) is 18.6 Å². The van der Waals surface area contributed by atoms with Crippen LogP contribution in [0.2, 0.25) is 0 Å². The summed E-state index contributed by atoms with van der Waals surface area (Å²) in [4.78, 5) is 9.14. The maximum absolute atomic E-state index is 5.21. The molecule has 0 spiro atoms. The van der Waals surface area contributed by atoms with Gasteiger partial charge in [0.1, 0.15) is 0 Å². The Hall–Kier alpha value is -0.980. The number of nitrogens with one attached hydrogen (secondary N) is 1. The molecule has 1 aliphatic rings. The summed E-state index contributed by atoms with van der Waals surface area (Å²) in [7, 11) is 4.32. The molecule has 1 aromatic rings. The molecule has 1 saturated heterocycles. The lowest BCUT2D eigenvalue weighted by molar-refractivity contribution is 0.113. The molecule has 18 heavy (non-hydrogen) atoms. The van der Waals surface area contributed by atoms with E-state index in [1.165, 1.54) is 0 Å². The van der Waals surface area contributed by atoms with E-state index in [1.807, 2.05) is 0 Å². The third-order valence-electron chi connectivity index (χ3n) is 3.43. The van der Waals surface area contributed by atoms with Gasteiger partial charge in [0.2, 0.25) is 5.89 Å². The SMILES string of the molecule is CCNCc1nc(CC2CN(C)CCN2C)no1. The maximum atomic E-state index is 5.21. The van der Waals surface area contributed by atoms with Gasteiger partial charge in [-0.15, -0.1) is 0 Å². The van der Waals surface area contributed by atoms with Crippen molar-refractivity contribution in [1.82, 2.24) is 25.3 Å². The van der Waals surface area contributed by atoms with Crippen LogP contribution in [0.5, 0.6) is 0 Å². The van der Waals surface area contributed by atoms with Gasteiger partial charge in [0.05, 0.1) is 6.54 Å². The number of hydrogen-bond donors (Lipinski definition) is 1. The Bertz CT molecular complexity index is 367. The highest BCUT2D eigenvalue weighted by molar-refractivity contribution is 4.92. The summed E-state index contributed by atoms with van der Waals surface area (Å²) in [5, 5.41) is 7.23. The number of piperazine rings is 1. The molecule has 0 radical (unpaired) electrons. The summed E-state index contributed by atoms with van der Waals surface area (Å²) in [6, 6.07) is 0.480. The standard InChI is InChI=1S/C12H23N5O/c1-4-13-8-12-14-11(15-18-12)7-10-9-16(2)5-6-17(10)3/h10,13H,4-9H2,1-3H3. The predicted octanol–water partition coefficient (Wildman–Crippen LogP) is -0.0326. The molecule has 0 aromatic carbocycles. The first-order chi connectivity index (χ1) is 8.69. The van der Waals surface area contributed by atoms with E-state index in [0.29, 0.717) is 18.5 Å². The minimum atomic E-state index is 0.480. The Balaban J connectivity index is 1.89. The summed E-state index contributed by atoms with van der Waals surface area (Å²) in [6.45, 7) is 6.92. The highest BCUT2D eigenvalue weighted by atomic mass is 16.5. The van der Waals surface area contributed by atoms with E-state index in [1.54, 1.807) is 0 Å². The zero-order valence-electron chi connectivity index (χ0n) is 11.5. The first kappa shape index (κ1) is 13.5. The topological polar surface area (TPSA) is 57.4 Å². The van der Waals surface area contributed by atoms with Crippen molar-refractivity contribution in [2.75, 3.05) is 40.3 Å². The summed E-state index contributed by atoms with van der Waals surface area (Å²) >= 11 is 0. The Morgan fingerprint density at radius 3 is 3.00 bits per heavy atom. The Labute approximate surface area is 108 Å². The lowest BCUT2D eigenvalue weighted by Crippen LogP contribution is -2.50. The van der Waals surface area contributed by atoms with Crippen LogP contribution in [0.4, 0.5) is 0 Å². The molecule has 102 valence electrons. The van der Waals surface area contributed by atoms with E-state index < -0.39 is 0 Å². The van der Waals surface area contributed by atoms with Crippen molar-refractivity contribution in [2.45, 2.75) is 25.9 Å². The fraction of sp³-hybridized carbons (Fsp3) is 0.833. The quantitative estimate of drug-likeness (QED) is 0.795. The zero-order chi connectivity index (χ0) is 13.0. The van der Waals surface area contributed by atoms with Crippen molar-refractivity contribution in [3.63, 3.8) is 0 Å². The first-order valence-electron chi connectivity index (χ1n) is 6.60.